The fourth-order valence-electron chi connectivity index (χ4n) is 4.35. The predicted octanol–water partition coefficient (Wildman–Crippen LogP) is 4.52. The molecule has 2 aliphatic rings. The molecule has 5 nitrogen and oxygen atoms in total. The number of likely N-dealkylation sites (tertiary alicyclic amines) is 1. The zero-order chi connectivity index (χ0) is 18.8. The van der Waals surface area contributed by atoms with Crippen LogP contribution in [0, 0.1) is 11.8 Å². The van der Waals surface area contributed by atoms with E-state index in [-0.39, 0.29) is 6.10 Å². The number of nitrogens with zero attached hydrogens (tertiary/aromatic N) is 1. The highest BCUT2D eigenvalue weighted by Crippen LogP contribution is 2.40. The highest BCUT2D eigenvalue weighted by Gasteiger charge is 2.43. The van der Waals surface area contributed by atoms with Gasteiger partial charge in [-0.2, -0.15) is 0 Å². The predicted molar refractivity (Wildman–Crippen MR) is 103 cm³/mol. The second kappa shape index (κ2) is 7.51. The van der Waals surface area contributed by atoms with Crippen molar-refractivity contribution in [3.63, 3.8) is 0 Å². The monoisotopic (exact) mass is 367 g/mol. The van der Waals surface area contributed by atoms with Gasteiger partial charge in [-0.3, -0.25) is 0 Å². The Balaban J connectivity index is 1.40. The standard InChI is InChI=1S/C22H25NO4/c1-2-26-19-8-6-15(7-9-19)16-4-3-5-20(10-16)27-21-11-17-13-23(22(24)25)14-18(17)12-21/h3-10,17-18,21H,2,11-14H2,1H3,(H,24,25)/t17-,18+,21-. The van der Waals surface area contributed by atoms with E-state index in [0.717, 1.165) is 35.5 Å². The molecule has 1 N–H and O–H groups in total. The summed E-state index contributed by atoms with van der Waals surface area (Å²) in [7, 11) is 0. The van der Waals surface area contributed by atoms with E-state index in [0.29, 0.717) is 31.5 Å². The molecular formula is C22H25NO4. The fraction of sp³-hybridized carbons (Fsp3) is 0.409. The maximum atomic E-state index is 11.1. The first-order chi connectivity index (χ1) is 13.1. The first-order valence-corrected chi connectivity index (χ1v) is 9.60. The quantitative estimate of drug-likeness (QED) is 0.844. The van der Waals surface area contributed by atoms with Crippen LogP contribution in [0.2, 0.25) is 0 Å². The number of ether oxygens (including phenoxy) is 2. The lowest BCUT2D eigenvalue weighted by Gasteiger charge is -2.18. The van der Waals surface area contributed by atoms with Gasteiger partial charge in [-0.25, -0.2) is 4.79 Å². The first kappa shape index (κ1) is 17.7. The minimum absolute atomic E-state index is 0.173. The number of amides is 1. The lowest BCUT2D eigenvalue weighted by molar-refractivity contribution is 0.144. The Morgan fingerprint density at radius 1 is 1.04 bits per heavy atom. The number of hydrogen-bond acceptors (Lipinski definition) is 3. The third-order valence-electron chi connectivity index (χ3n) is 5.61. The van der Waals surface area contributed by atoms with E-state index in [4.69, 9.17) is 14.6 Å². The molecule has 1 aliphatic carbocycles. The molecule has 0 unspecified atom stereocenters. The van der Waals surface area contributed by atoms with Crippen LogP contribution in [0.4, 0.5) is 4.79 Å². The summed E-state index contributed by atoms with van der Waals surface area (Å²) in [5, 5.41) is 9.14. The number of carbonyl (C=O) groups is 1. The van der Waals surface area contributed by atoms with Crippen molar-refractivity contribution in [2.45, 2.75) is 25.9 Å². The van der Waals surface area contributed by atoms with Crippen LogP contribution in [0.1, 0.15) is 19.8 Å². The van der Waals surface area contributed by atoms with Crippen molar-refractivity contribution < 1.29 is 19.4 Å². The van der Waals surface area contributed by atoms with E-state index >= 15 is 0 Å². The molecule has 0 radical (unpaired) electrons. The van der Waals surface area contributed by atoms with Gasteiger partial charge < -0.3 is 19.5 Å². The van der Waals surface area contributed by atoms with E-state index in [1.807, 2.05) is 31.2 Å². The first-order valence-electron chi connectivity index (χ1n) is 9.60. The number of hydrogen-bond donors (Lipinski definition) is 1. The summed E-state index contributed by atoms with van der Waals surface area (Å²) in [6.07, 6.45) is 1.24. The summed E-state index contributed by atoms with van der Waals surface area (Å²) >= 11 is 0. The Bertz CT molecular complexity index is 790. The van der Waals surface area contributed by atoms with Gasteiger partial charge in [0, 0.05) is 13.1 Å². The fourth-order valence-corrected chi connectivity index (χ4v) is 4.35. The summed E-state index contributed by atoms with van der Waals surface area (Å²) in [5.74, 6) is 2.61. The molecule has 27 heavy (non-hydrogen) atoms. The van der Waals surface area contributed by atoms with E-state index in [9.17, 15) is 4.79 Å². The molecule has 142 valence electrons. The van der Waals surface area contributed by atoms with Crippen molar-refractivity contribution in [1.29, 1.82) is 0 Å². The van der Waals surface area contributed by atoms with E-state index in [2.05, 4.69) is 24.3 Å². The summed E-state index contributed by atoms with van der Waals surface area (Å²) < 4.78 is 11.7. The van der Waals surface area contributed by atoms with Gasteiger partial charge in [-0.15, -0.1) is 0 Å². The van der Waals surface area contributed by atoms with E-state index in [1.165, 1.54) is 4.90 Å². The average Bonchev–Trinajstić information content (AvgIpc) is 3.21. The van der Waals surface area contributed by atoms with Crippen LogP contribution in [0.15, 0.2) is 48.5 Å². The van der Waals surface area contributed by atoms with Crippen molar-refractivity contribution in [3.8, 4) is 22.6 Å². The van der Waals surface area contributed by atoms with Gasteiger partial charge >= 0.3 is 6.09 Å². The molecule has 1 heterocycles. The largest absolute Gasteiger partial charge is 0.494 e. The number of fused-ring (bicyclic) bond motifs is 1. The van der Waals surface area contributed by atoms with Crippen molar-refractivity contribution >= 4 is 6.09 Å². The van der Waals surface area contributed by atoms with Crippen molar-refractivity contribution in [2.24, 2.45) is 11.8 Å². The lowest BCUT2D eigenvalue weighted by Crippen LogP contribution is -2.29. The normalized spacial score (nSPS) is 23.9. The summed E-state index contributed by atoms with van der Waals surface area (Å²) in [4.78, 5) is 12.7. The molecule has 1 amide bonds. The van der Waals surface area contributed by atoms with Crippen molar-refractivity contribution in [3.05, 3.63) is 48.5 Å². The molecule has 1 saturated carbocycles. The zero-order valence-electron chi connectivity index (χ0n) is 15.5. The van der Waals surface area contributed by atoms with Crippen LogP contribution in [0.3, 0.4) is 0 Å². The Labute approximate surface area is 159 Å². The molecule has 4 rings (SSSR count). The van der Waals surface area contributed by atoms with Crippen molar-refractivity contribution in [2.75, 3.05) is 19.7 Å². The Hall–Kier alpha value is -2.69. The Kier molecular flexibility index (Phi) is 4.92. The summed E-state index contributed by atoms with van der Waals surface area (Å²) in [6.45, 7) is 3.93. The third-order valence-corrected chi connectivity index (χ3v) is 5.61. The number of rotatable bonds is 5. The minimum Gasteiger partial charge on any atom is -0.494 e. The smallest absolute Gasteiger partial charge is 0.407 e. The highest BCUT2D eigenvalue weighted by atomic mass is 16.5. The summed E-state index contributed by atoms with van der Waals surface area (Å²) in [6, 6.07) is 16.3. The summed E-state index contributed by atoms with van der Waals surface area (Å²) in [5.41, 5.74) is 2.25. The van der Waals surface area contributed by atoms with Gasteiger partial charge in [-0.1, -0.05) is 24.3 Å². The molecule has 3 atom stereocenters. The Morgan fingerprint density at radius 3 is 2.37 bits per heavy atom. The molecule has 1 aliphatic heterocycles. The minimum atomic E-state index is -0.801. The highest BCUT2D eigenvalue weighted by molar-refractivity contribution is 5.66. The van der Waals surface area contributed by atoms with Gasteiger partial charge in [-0.05, 0) is 67.0 Å². The Morgan fingerprint density at radius 2 is 1.74 bits per heavy atom. The second-order valence-corrected chi connectivity index (χ2v) is 7.40. The molecule has 2 aromatic carbocycles. The molecular weight excluding hydrogens is 342 g/mol. The van der Waals surface area contributed by atoms with Crippen LogP contribution in [0.25, 0.3) is 11.1 Å². The lowest BCUT2D eigenvalue weighted by atomic mass is 10.0. The van der Waals surface area contributed by atoms with Gasteiger partial charge in [0.05, 0.1) is 12.7 Å². The van der Waals surface area contributed by atoms with E-state index in [1.54, 1.807) is 0 Å². The maximum absolute atomic E-state index is 11.1. The topological polar surface area (TPSA) is 59.0 Å². The van der Waals surface area contributed by atoms with E-state index < -0.39 is 6.09 Å². The van der Waals surface area contributed by atoms with Crippen LogP contribution in [-0.2, 0) is 0 Å². The molecule has 2 fully saturated rings. The average molecular weight is 367 g/mol. The van der Waals surface area contributed by atoms with Gasteiger partial charge in [0.15, 0.2) is 0 Å². The maximum Gasteiger partial charge on any atom is 0.407 e. The van der Waals surface area contributed by atoms with Crippen LogP contribution >= 0.6 is 0 Å². The molecule has 0 aromatic heterocycles. The molecule has 0 bridgehead atoms. The van der Waals surface area contributed by atoms with Gasteiger partial charge in [0.25, 0.3) is 0 Å². The van der Waals surface area contributed by atoms with Crippen molar-refractivity contribution in [1.82, 2.24) is 4.90 Å². The van der Waals surface area contributed by atoms with Crippen LogP contribution in [-0.4, -0.2) is 41.9 Å². The van der Waals surface area contributed by atoms with Crippen LogP contribution in [0.5, 0.6) is 11.5 Å². The SMILES string of the molecule is CCOc1ccc(-c2cccc(O[C@@H]3C[C@@H]4CN(C(=O)O)C[C@@H]4C3)c2)cc1. The third kappa shape index (κ3) is 3.87. The molecule has 5 heteroatoms. The number of benzene rings is 2. The van der Waals surface area contributed by atoms with Gasteiger partial charge in [0.2, 0.25) is 0 Å². The van der Waals surface area contributed by atoms with Gasteiger partial charge in [0.1, 0.15) is 11.5 Å². The molecule has 2 aromatic rings. The second-order valence-electron chi connectivity index (χ2n) is 7.40. The molecule has 0 spiro atoms. The number of carboxylic acid groups (broad SMARTS) is 1. The zero-order valence-corrected chi connectivity index (χ0v) is 15.5. The molecule has 1 saturated heterocycles. The van der Waals surface area contributed by atoms with Crippen LogP contribution < -0.4 is 9.47 Å².